The summed E-state index contributed by atoms with van der Waals surface area (Å²) in [4.78, 5) is 21.1. The van der Waals surface area contributed by atoms with Gasteiger partial charge in [0, 0.05) is 38.4 Å². The summed E-state index contributed by atoms with van der Waals surface area (Å²) < 4.78 is 16.5. The number of hydrogen-bond acceptors (Lipinski definition) is 5. The Kier molecular flexibility index (Phi) is 4.36. The molecule has 0 aliphatic carbocycles. The number of hydrogen-bond donors (Lipinski definition) is 0. The van der Waals surface area contributed by atoms with Gasteiger partial charge in [0.15, 0.2) is 10.8 Å². The van der Waals surface area contributed by atoms with Crippen LogP contribution in [-0.4, -0.2) is 51.8 Å². The van der Waals surface area contributed by atoms with Gasteiger partial charge in [-0.25, -0.2) is 9.37 Å². The van der Waals surface area contributed by atoms with Crippen LogP contribution < -0.4 is 4.90 Å². The SMILES string of the molecule is CCn1nc(C(=O)N2CCN(c3nc4c(F)cccc4s3)CC2)cc1C. The minimum absolute atomic E-state index is 0.0321. The Hall–Kier alpha value is -2.48. The van der Waals surface area contributed by atoms with E-state index in [0.717, 1.165) is 22.1 Å². The van der Waals surface area contributed by atoms with Crippen molar-refractivity contribution in [2.75, 3.05) is 31.1 Å². The molecule has 8 heteroatoms. The second kappa shape index (κ2) is 6.68. The smallest absolute Gasteiger partial charge is 0.274 e. The van der Waals surface area contributed by atoms with Gasteiger partial charge < -0.3 is 9.80 Å². The summed E-state index contributed by atoms with van der Waals surface area (Å²) in [6.45, 7) is 7.29. The number of benzene rings is 1. The Morgan fingerprint density at radius 2 is 2.04 bits per heavy atom. The maximum Gasteiger partial charge on any atom is 0.274 e. The number of halogens is 1. The second-order valence-electron chi connectivity index (χ2n) is 6.35. The molecular weight excluding hydrogens is 353 g/mol. The molecule has 3 aromatic rings. The Labute approximate surface area is 154 Å². The number of carbonyl (C=O) groups is 1. The largest absolute Gasteiger partial charge is 0.345 e. The molecular formula is C18H20FN5OS. The van der Waals surface area contributed by atoms with Crippen LogP contribution in [0.2, 0.25) is 0 Å². The van der Waals surface area contributed by atoms with E-state index in [1.54, 1.807) is 6.07 Å². The molecule has 3 heterocycles. The molecule has 2 aromatic heterocycles. The molecule has 4 rings (SSSR count). The number of rotatable bonds is 3. The van der Waals surface area contributed by atoms with Crippen LogP contribution in [0.15, 0.2) is 24.3 Å². The quantitative estimate of drug-likeness (QED) is 0.708. The highest BCUT2D eigenvalue weighted by Gasteiger charge is 2.26. The van der Waals surface area contributed by atoms with Gasteiger partial charge in [-0.15, -0.1) is 0 Å². The van der Waals surface area contributed by atoms with Crippen molar-refractivity contribution in [1.82, 2.24) is 19.7 Å². The van der Waals surface area contributed by atoms with E-state index >= 15 is 0 Å². The number of amides is 1. The Morgan fingerprint density at radius 1 is 1.27 bits per heavy atom. The fourth-order valence-electron chi connectivity index (χ4n) is 3.24. The summed E-state index contributed by atoms with van der Waals surface area (Å²) in [5.74, 6) is -0.323. The van der Waals surface area contributed by atoms with E-state index in [2.05, 4.69) is 15.0 Å². The van der Waals surface area contributed by atoms with Gasteiger partial charge >= 0.3 is 0 Å². The van der Waals surface area contributed by atoms with Crippen molar-refractivity contribution in [3.63, 3.8) is 0 Å². The average Bonchev–Trinajstić information content (AvgIpc) is 3.25. The van der Waals surface area contributed by atoms with E-state index in [1.807, 2.05) is 35.6 Å². The van der Waals surface area contributed by atoms with Gasteiger partial charge in [-0.05, 0) is 32.0 Å². The minimum Gasteiger partial charge on any atom is -0.345 e. The zero-order chi connectivity index (χ0) is 18.3. The third kappa shape index (κ3) is 2.94. The van der Waals surface area contributed by atoms with Crippen molar-refractivity contribution in [3.8, 4) is 0 Å². The summed E-state index contributed by atoms with van der Waals surface area (Å²) in [7, 11) is 0. The fourth-order valence-corrected chi connectivity index (χ4v) is 4.27. The summed E-state index contributed by atoms with van der Waals surface area (Å²) in [6.07, 6.45) is 0. The van der Waals surface area contributed by atoms with Gasteiger partial charge in [-0.2, -0.15) is 5.10 Å². The van der Waals surface area contributed by atoms with Crippen molar-refractivity contribution < 1.29 is 9.18 Å². The molecule has 1 aromatic carbocycles. The van der Waals surface area contributed by atoms with Crippen LogP contribution in [-0.2, 0) is 6.54 Å². The summed E-state index contributed by atoms with van der Waals surface area (Å²) in [5, 5.41) is 5.19. The first-order valence-corrected chi connectivity index (χ1v) is 9.52. The lowest BCUT2D eigenvalue weighted by atomic mass is 10.2. The number of fused-ring (bicyclic) bond motifs is 1. The van der Waals surface area contributed by atoms with Gasteiger partial charge in [0.05, 0.1) is 4.70 Å². The number of aryl methyl sites for hydroxylation is 2. The van der Waals surface area contributed by atoms with Crippen LogP contribution in [0.5, 0.6) is 0 Å². The first-order valence-electron chi connectivity index (χ1n) is 8.70. The van der Waals surface area contributed by atoms with Gasteiger partial charge in [0.2, 0.25) is 0 Å². The van der Waals surface area contributed by atoms with Gasteiger partial charge in [-0.1, -0.05) is 17.4 Å². The number of carbonyl (C=O) groups excluding carboxylic acids is 1. The molecule has 136 valence electrons. The lowest BCUT2D eigenvalue weighted by Gasteiger charge is -2.34. The molecule has 1 aliphatic rings. The van der Waals surface area contributed by atoms with Crippen LogP contribution in [0.4, 0.5) is 9.52 Å². The van der Waals surface area contributed by atoms with Crippen LogP contribution in [0.3, 0.4) is 0 Å². The fraction of sp³-hybridized carbons (Fsp3) is 0.389. The maximum absolute atomic E-state index is 13.8. The molecule has 6 nitrogen and oxygen atoms in total. The topological polar surface area (TPSA) is 54.3 Å². The third-order valence-electron chi connectivity index (χ3n) is 4.70. The number of para-hydroxylation sites is 1. The molecule has 1 amide bonds. The average molecular weight is 373 g/mol. The maximum atomic E-state index is 13.8. The number of thiazole rings is 1. The molecule has 0 N–H and O–H groups in total. The Morgan fingerprint density at radius 3 is 2.69 bits per heavy atom. The van der Waals surface area contributed by atoms with Gasteiger partial charge in [-0.3, -0.25) is 9.48 Å². The molecule has 0 bridgehead atoms. The monoisotopic (exact) mass is 373 g/mol. The van der Waals surface area contributed by atoms with Crippen molar-refractivity contribution in [3.05, 3.63) is 41.5 Å². The van der Waals surface area contributed by atoms with E-state index in [-0.39, 0.29) is 11.7 Å². The normalized spacial score (nSPS) is 15.0. The highest BCUT2D eigenvalue weighted by molar-refractivity contribution is 7.22. The standard InChI is InChI=1S/C18H20FN5OS/c1-3-24-12(2)11-14(21-24)17(25)22-7-9-23(10-8-22)18-20-16-13(19)5-4-6-15(16)26-18/h4-6,11H,3,7-10H2,1-2H3. The van der Waals surface area contributed by atoms with Crippen LogP contribution in [0.1, 0.15) is 23.1 Å². The van der Waals surface area contributed by atoms with Crippen LogP contribution in [0.25, 0.3) is 10.2 Å². The van der Waals surface area contributed by atoms with Crippen LogP contribution in [0, 0.1) is 12.7 Å². The van der Waals surface area contributed by atoms with E-state index in [0.29, 0.717) is 37.4 Å². The predicted molar refractivity (Wildman–Crippen MR) is 100 cm³/mol. The first-order chi connectivity index (χ1) is 12.6. The van der Waals surface area contributed by atoms with Crippen molar-refractivity contribution in [2.24, 2.45) is 0 Å². The van der Waals surface area contributed by atoms with Crippen molar-refractivity contribution >= 4 is 32.6 Å². The molecule has 1 aliphatic heterocycles. The zero-order valence-electron chi connectivity index (χ0n) is 14.8. The lowest BCUT2D eigenvalue weighted by Crippen LogP contribution is -2.48. The number of aromatic nitrogens is 3. The number of nitrogens with zero attached hydrogens (tertiary/aromatic N) is 5. The second-order valence-corrected chi connectivity index (χ2v) is 7.36. The van der Waals surface area contributed by atoms with Crippen LogP contribution >= 0.6 is 11.3 Å². The first kappa shape index (κ1) is 17.0. The molecule has 0 radical (unpaired) electrons. The van der Waals surface area contributed by atoms with E-state index < -0.39 is 0 Å². The Bertz CT molecular complexity index is 958. The van der Waals surface area contributed by atoms with Crippen molar-refractivity contribution in [1.29, 1.82) is 0 Å². The molecule has 0 atom stereocenters. The number of anilines is 1. The lowest BCUT2D eigenvalue weighted by molar-refractivity contribution is 0.0740. The molecule has 26 heavy (non-hydrogen) atoms. The van der Waals surface area contributed by atoms with E-state index in [9.17, 15) is 9.18 Å². The van der Waals surface area contributed by atoms with Gasteiger partial charge in [0.1, 0.15) is 11.3 Å². The van der Waals surface area contributed by atoms with E-state index in [1.165, 1.54) is 17.4 Å². The third-order valence-corrected chi connectivity index (χ3v) is 5.78. The highest BCUT2D eigenvalue weighted by Crippen LogP contribution is 2.30. The molecule has 1 saturated heterocycles. The molecule has 0 spiro atoms. The van der Waals surface area contributed by atoms with Gasteiger partial charge in [0.25, 0.3) is 5.91 Å². The summed E-state index contributed by atoms with van der Waals surface area (Å²) in [5.41, 5.74) is 1.91. The highest BCUT2D eigenvalue weighted by atomic mass is 32.1. The molecule has 1 fully saturated rings. The predicted octanol–water partition coefficient (Wildman–Crippen LogP) is 2.92. The van der Waals surface area contributed by atoms with E-state index in [4.69, 9.17) is 0 Å². The zero-order valence-corrected chi connectivity index (χ0v) is 15.6. The Balaban J connectivity index is 1.46. The number of piperazine rings is 1. The summed E-state index contributed by atoms with van der Waals surface area (Å²) >= 11 is 1.49. The molecule has 0 saturated carbocycles. The van der Waals surface area contributed by atoms with Crippen molar-refractivity contribution in [2.45, 2.75) is 20.4 Å². The minimum atomic E-state index is -0.291. The summed E-state index contributed by atoms with van der Waals surface area (Å²) in [6, 6.07) is 6.85. The molecule has 0 unspecified atom stereocenters.